The van der Waals surface area contributed by atoms with Crippen molar-refractivity contribution in [2.75, 3.05) is 18.1 Å². The summed E-state index contributed by atoms with van der Waals surface area (Å²) in [5.74, 6) is 0. The lowest BCUT2D eigenvalue weighted by Crippen LogP contribution is -2.05. The van der Waals surface area contributed by atoms with Crippen molar-refractivity contribution in [3.05, 3.63) is 23.8 Å². The van der Waals surface area contributed by atoms with Gasteiger partial charge in [0.2, 0.25) is 0 Å². The molecule has 0 aromatic heterocycles. The highest BCUT2D eigenvalue weighted by atomic mass is 16.5. The zero-order valence-corrected chi connectivity index (χ0v) is 9.49. The predicted molar refractivity (Wildman–Crippen MR) is 64.5 cm³/mol. The summed E-state index contributed by atoms with van der Waals surface area (Å²) in [4.78, 5) is 0. The van der Waals surface area contributed by atoms with Gasteiger partial charge in [0.1, 0.15) is 0 Å². The molecule has 0 saturated carbocycles. The van der Waals surface area contributed by atoms with Crippen LogP contribution < -0.4 is 11.5 Å². The molecule has 3 heteroatoms. The second-order valence-corrected chi connectivity index (χ2v) is 3.70. The van der Waals surface area contributed by atoms with E-state index in [1.54, 1.807) is 6.07 Å². The third kappa shape index (κ3) is 3.44. The lowest BCUT2D eigenvalue weighted by Gasteiger charge is -2.17. The van der Waals surface area contributed by atoms with Gasteiger partial charge in [0.05, 0.1) is 6.10 Å². The Balaban J connectivity index is 2.81. The molecule has 0 aliphatic heterocycles. The van der Waals surface area contributed by atoms with E-state index < -0.39 is 0 Å². The van der Waals surface area contributed by atoms with Crippen LogP contribution in [0.2, 0.25) is 0 Å². The van der Waals surface area contributed by atoms with E-state index in [1.807, 2.05) is 12.1 Å². The number of anilines is 2. The van der Waals surface area contributed by atoms with Crippen LogP contribution in [-0.2, 0) is 4.74 Å². The topological polar surface area (TPSA) is 61.3 Å². The number of hydrogen-bond acceptors (Lipinski definition) is 3. The minimum absolute atomic E-state index is 0.107. The normalized spacial score (nSPS) is 12.7. The van der Waals surface area contributed by atoms with Crippen LogP contribution in [0.3, 0.4) is 0 Å². The first-order valence-corrected chi connectivity index (χ1v) is 5.44. The molecule has 0 amide bonds. The molecule has 0 aliphatic rings. The van der Waals surface area contributed by atoms with Crippen LogP contribution in [0.4, 0.5) is 11.4 Å². The summed E-state index contributed by atoms with van der Waals surface area (Å²) in [6.07, 6.45) is 2.06. The molecule has 1 atom stereocenters. The highest BCUT2D eigenvalue weighted by molar-refractivity contribution is 5.54. The molecule has 0 fully saturated rings. The van der Waals surface area contributed by atoms with Crippen molar-refractivity contribution in [1.82, 2.24) is 0 Å². The fraction of sp³-hybridized carbons (Fsp3) is 0.500. The van der Waals surface area contributed by atoms with Crippen molar-refractivity contribution in [2.45, 2.75) is 32.8 Å². The Kier molecular flexibility index (Phi) is 4.43. The molecular formula is C12H20N2O. The maximum atomic E-state index is 5.75. The van der Waals surface area contributed by atoms with E-state index >= 15 is 0 Å². The van der Waals surface area contributed by atoms with Gasteiger partial charge in [-0.2, -0.15) is 0 Å². The average molecular weight is 208 g/mol. The van der Waals surface area contributed by atoms with Crippen molar-refractivity contribution in [1.29, 1.82) is 0 Å². The Hall–Kier alpha value is -1.22. The summed E-state index contributed by atoms with van der Waals surface area (Å²) in [5, 5.41) is 0. The first-order valence-electron chi connectivity index (χ1n) is 5.44. The second kappa shape index (κ2) is 5.61. The van der Waals surface area contributed by atoms with E-state index in [-0.39, 0.29) is 6.10 Å². The lowest BCUT2D eigenvalue weighted by atomic mass is 10.1. The van der Waals surface area contributed by atoms with Gasteiger partial charge in [-0.25, -0.2) is 0 Å². The minimum Gasteiger partial charge on any atom is -0.399 e. The third-order valence-corrected chi connectivity index (χ3v) is 2.27. The Morgan fingerprint density at radius 3 is 2.20 bits per heavy atom. The SMILES string of the molecule is CCCOC(CC)c1cc(N)cc(N)c1. The Morgan fingerprint density at radius 1 is 1.13 bits per heavy atom. The minimum atomic E-state index is 0.107. The monoisotopic (exact) mass is 208 g/mol. The maximum Gasteiger partial charge on any atom is 0.0823 e. The third-order valence-electron chi connectivity index (χ3n) is 2.27. The van der Waals surface area contributed by atoms with Crippen LogP contribution in [0, 0.1) is 0 Å². The predicted octanol–water partition coefficient (Wildman–Crippen LogP) is 2.73. The van der Waals surface area contributed by atoms with Crippen LogP contribution in [0.5, 0.6) is 0 Å². The molecule has 1 aromatic rings. The van der Waals surface area contributed by atoms with Crippen molar-refractivity contribution in [3.63, 3.8) is 0 Å². The molecule has 0 saturated heterocycles. The molecule has 0 radical (unpaired) electrons. The molecule has 1 unspecified atom stereocenters. The second-order valence-electron chi connectivity index (χ2n) is 3.70. The molecule has 0 heterocycles. The van der Waals surface area contributed by atoms with E-state index in [1.165, 1.54) is 0 Å². The number of benzene rings is 1. The number of hydrogen-bond donors (Lipinski definition) is 2. The van der Waals surface area contributed by atoms with Crippen LogP contribution in [0.1, 0.15) is 38.4 Å². The van der Waals surface area contributed by atoms with Crippen molar-refractivity contribution < 1.29 is 4.74 Å². The van der Waals surface area contributed by atoms with E-state index in [0.717, 1.165) is 25.0 Å². The van der Waals surface area contributed by atoms with Gasteiger partial charge in [0, 0.05) is 18.0 Å². The fourth-order valence-electron chi connectivity index (χ4n) is 1.60. The lowest BCUT2D eigenvalue weighted by molar-refractivity contribution is 0.0505. The first kappa shape index (κ1) is 11.9. The summed E-state index contributed by atoms with van der Waals surface area (Å²) >= 11 is 0. The van der Waals surface area contributed by atoms with Crippen LogP contribution >= 0.6 is 0 Å². The quantitative estimate of drug-likeness (QED) is 0.731. The van der Waals surface area contributed by atoms with Gasteiger partial charge in [0.15, 0.2) is 0 Å². The molecular weight excluding hydrogens is 188 g/mol. The molecule has 3 nitrogen and oxygen atoms in total. The van der Waals surface area contributed by atoms with Crippen LogP contribution in [0.25, 0.3) is 0 Å². The summed E-state index contributed by atoms with van der Waals surface area (Å²) < 4.78 is 5.73. The molecule has 1 rings (SSSR count). The van der Waals surface area contributed by atoms with E-state index in [4.69, 9.17) is 16.2 Å². The zero-order valence-electron chi connectivity index (χ0n) is 9.49. The van der Waals surface area contributed by atoms with Gasteiger partial charge in [-0.3, -0.25) is 0 Å². The van der Waals surface area contributed by atoms with E-state index in [2.05, 4.69) is 13.8 Å². The van der Waals surface area contributed by atoms with Gasteiger partial charge < -0.3 is 16.2 Å². The fourth-order valence-corrected chi connectivity index (χ4v) is 1.60. The summed E-state index contributed by atoms with van der Waals surface area (Å²) in [6, 6.07) is 5.62. The van der Waals surface area contributed by atoms with Gasteiger partial charge in [-0.1, -0.05) is 13.8 Å². The van der Waals surface area contributed by atoms with E-state index in [9.17, 15) is 0 Å². The average Bonchev–Trinajstić information content (AvgIpc) is 2.17. The standard InChI is InChI=1S/C12H20N2O/c1-3-5-15-12(4-2)9-6-10(13)8-11(14)7-9/h6-8,12H,3-5,13-14H2,1-2H3. The highest BCUT2D eigenvalue weighted by Gasteiger charge is 2.10. The van der Waals surface area contributed by atoms with Crippen LogP contribution in [0.15, 0.2) is 18.2 Å². The largest absolute Gasteiger partial charge is 0.399 e. The molecule has 4 N–H and O–H groups in total. The Morgan fingerprint density at radius 2 is 1.73 bits per heavy atom. The molecule has 84 valence electrons. The molecule has 0 bridgehead atoms. The molecule has 1 aromatic carbocycles. The number of nitrogen functional groups attached to an aromatic ring is 2. The highest BCUT2D eigenvalue weighted by Crippen LogP contribution is 2.25. The van der Waals surface area contributed by atoms with E-state index in [0.29, 0.717) is 11.4 Å². The summed E-state index contributed by atoms with van der Waals surface area (Å²) in [5.41, 5.74) is 14.0. The Bertz CT molecular complexity index is 292. The molecule has 0 aliphatic carbocycles. The van der Waals surface area contributed by atoms with Gasteiger partial charge >= 0.3 is 0 Å². The van der Waals surface area contributed by atoms with Gasteiger partial charge in [-0.05, 0) is 36.6 Å². The smallest absolute Gasteiger partial charge is 0.0823 e. The van der Waals surface area contributed by atoms with Crippen molar-refractivity contribution >= 4 is 11.4 Å². The maximum absolute atomic E-state index is 5.75. The van der Waals surface area contributed by atoms with Crippen molar-refractivity contribution in [3.8, 4) is 0 Å². The van der Waals surface area contributed by atoms with Crippen molar-refractivity contribution in [2.24, 2.45) is 0 Å². The van der Waals surface area contributed by atoms with Gasteiger partial charge in [0.25, 0.3) is 0 Å². The molecule has 15 heavy (non-hydrogen) atoms. The van der Waals surface area contributed by atoms with Crippen LogP contribution in [-0.4, -0.2) is 6.61 Å². The van der Waals surface area contributed by atoms with Gasteiger partial charge in [-0.15, -0.1) is 0 Å². The Labute approximate surface area is 91.4 Å². The first-order chi connectivity index (χ1) is 7.17. The number of nitrogens with two attached hydrogens (primary N) is 2. The molecule has 0 spiro atoms. The number of ether oxygens (including phenoxy) is 1. The zero-order chi connectivity index (χ0) is 11.3. The summed E-state index contributed by atoms with van der Waals surface area (Å²) in [6.45, 7) is 4.97. The summed E-state index contributed by atoms with van der Waals surface area (Å²) in [7, 11) is 0. The number of rotatable bonds is 5.